The molecule has 6 nitrogen and oxygen atoms in total. The molecule has 0 aliphatic heterocycles. The maximum Gasteiger partial charge on any atom is 0.191 e. The average molecular weight is 355 g/mol. The average Bonchev–Trinajstić information content (AvgIpc) is 2.99. The standard InChI is InChI=1S/C15H20Cl2N6/c1-3-18-15(20-9-14-22-21-10-23(14)4-2)19-8-11-5-6-12(16)7-13(11)17/h5-7,10H,3-4,8-9H2,1-2H3,(H2,18,19,20). The molecule has 0 aliphatic rings. The topological polar surface area (TPSA) is 67.1 Å². The summed E-state index contributed by atoms with van der Waals surface area (Å²) in [5.74, 6) is 1.56. The monoisotopic (exact) mass is 354 g/mol. The third-order valence-corrected chi connectivity index (χ3v) is 3.80. The molecule has 0 spiro atoms. The number of nitrogens with zero attached hydrogens (tertiary/aromatic N) is 4. The first-order valence-corrected chi connectivity index (χ1v) is 8.22. The van der Waals surface area contributed by atoms with E-state index in [0.29, 0.717) is 29.1 Å². The number of aromatic nitrogens is 3. The van der Waals surface area contributed by atoms with E-state index in [2.05, 4.69) is 32.7 Å². The molecular weight excluding hydrogens is 335 g/mol. The minimum atomic E-state index is 0.464. The zero-order valence-electron chi connectivity index (χ0n) is 13.2. The van der Waals surface area contributed by atoms with E-state index in [1.54, 1.807) is 12.4 Å². The van der Waals surface area contributed by atoms with Gasteiger partial charge < -0.3 is 15.2 Å². The van der Waals surface area contributed by atoms with E-state index in [9.17, 15) is 0 Å². The van der Waals surface area contributed by atoms with Crippen LogP contribution in [-0.2, 0) is 19.6 Å². The Morgan fingerprint density at radius 1 is 1.26 bits per heavy atom. The Bertz CT molecular complexity index is 668. The van der Waals surface area contributed by atoms with E-state index in [-0.39, 0.29) is 0 Å². The predicted octanol–water partition coefficient (Wildman–Crippen LogP) is 2.86. The lowest BCUT2D eigenvalue weighted by atomic mass is 10.2. The summed E-state index contributed by atoms with van der Waals surface area (Å²) in [7, 11) is 0. The highest BCUT2D eigenvalue weighted by Crippen LogP contribution is 2.21. The second kappa shape index (κ2) is 8.74. The molecule has 0 radical (unpaired) electrons. The van der Waals surface area contributed by atoms with Crippen LogP contribution in [0.5, 0.6) is 0 Å². The van der Waals surface area contributed by atoms with Crippen LogP contribution in [0, 0.1) is 0 Å². The van der Waals surface area contributed by atoms with Gasteiger partial charge in [-0.1, -0.05) is 29.3 Å². The van der Waals surface area contributed by atoms with Crippen molar-refractivity contribution >= 4 is 29.2 Å². The molecule has 1 heterocycles. The van der Waals surface area contributed by atoms with Crippen molar-refractivity contribution in [2.75, 3.05) is 6.54 Å². The molecule has 0 fully saturated rings. The Balaban J connectivity index is 2.02. The van der Waals surface area contributed by atoms with Crippen LogP contribution in [0.25, 0.3) is 0 Å². The minimum Gasteiger partial charge on any atom is -0.357 e. The van der Waals surface area contributed by atoms with Crippen LogP contribution < -0.4 is 10.6 Å². The van der Waals surface area contributed by atoms with Crippen LogP contribution in [0.3, 0.4) is 0 Å². The quantitative estimate of drug-likeness (QED) is 0.618. The summed E-state index contributed by atoms with van der Waals surface area (Å²) < 4.78 is 1.98. The lowest BCUT2D eigenvalue weighted by molar-refractivity contribution is 0.670. The van der Waals surface area contributed by atoms with Crippen molar-refractivity contribution in [1.29, 1.82) is 0 Å². The van der Waals surface area contributed by atoms with E-state index in [1.807, 2.05) is 23.6 Å². The molecule has 0 bridgehead atoms. The van der Waals surface area contributed by atoms with Crippen LogP contribution >= 0.6 is 23.2 Å². The number of guanidine groups is 1. The van der Waals surface area contributed by atoms with E-state index in [4.69, 9.17) is 23.2 Å². The lowest BCUT2D eigenvalue weighted by Crippen LogP contribution is -2.37. The van der Waals surface area contributed by atoms with Crippen LogP contribution in [0.4, 0.5) is 0 Å². The third kappa shape index (κ3) is 5.11. The first-order chi connectivity index (χ1) is 11.1. The Labute approximate surface area is 145 Å². The van der Waals surface area contributed by atoms with Gasteiger partial charge in [0.05, 0.1) is 13.1 Å². The number of hydrogen-bond donors (Lipinski definition) is 2. The molecule has 8 heteroatoms. The molecule has 0 aliphatic carbocycles. The fourth-order valence-corrected chi connectivity index (χ4v) is 2.47. The van der Waals surface area contributed by atoms with Crippen molar-refractivity contribution in [1.82, 2.24) is 25.4 Å². The van der Waals surface area contributed by atoms with E-state index in [1.165, 1.54) is 0 Å². The fraction of sp³-hybridized carbons (Fsp3) is 0.400. The largest absolute Gasteiger partial charge is 0.357 e. The molecule has 2 N–H and O–H groups in total. The summed E-state index contributed by atoms with van der Waals surface area (Å²) in [4.78, 5) is 4.54. The highest BCUT2D eigenvalue weighted by molar-refractivity contribution is 6.35. The van der Waals surface area contributed by atoms with Gasteiger partial charge in [0.15, 0.2) is 11.8 Å². The molecule has 0 saturated heterocycles. The molecule has 2 rings (SSSR count). The van der Waals surface area contributed by atoms with Gasteiger partial charge in [0.1, 0.15) is 6.33 Å². The normalized spacial score (nSPS) is 11.6. The Morgan fingerprint density at radius 3 is 2.78 bits per heavy atom. The van der Waals surface area contributed by atoms with Gasteiger partial charge in [0.2, 0.25) is 0 Å². The highest BCUT2D eigenvalue weighted by atomic mass is 35.5. The lowest BCUT2D eigenvalue weighted by Gasteiger charge is -2.11. The Kier molecular flexibility index (Phi) is 6.67. The molecule has 0 saturated carbocycles. The summed E-state index contributed by atoms with van der Waals surface area (Å²) >= 11 is 12.1. The summed E-state index contributed by atoms with van der Waals surface area (Å²) in [5.41, 5.74) is 0.921. The van der Waals surface area contributed by atoms with Gasteiger partial charge in [0.25, 0.3) is 0 Å². The second-order valence-corrected chi connectivity index (χ2v) is 5.66. The zero-order valence-corrected chi connectivity index (χ0v) is 14.7. The van der Waals surface area contributed by atoms with Crippen LogP contribution in [-0.4, -0.2) is 27.3 Å². The van der Waals surface area contributed by atoms with Gasteiger partial charge >= 0.3 is 0 Å². The molecule has 23 heavy (non-hydrogen) atoms. The summed E-state index contributed by atoms with van der Waals surface area (Å²) in [5, 5.41) is 15.7. The predicted molar refractivity (Wildman–Crippen MR) is 93.8 cm³/mol. The number of benzene rings is 1. The molecule has 1 aromatic carbocycles. The van der Waals surface area contributed by atoms with Crippen molar-refractivity contribution < 1.29 is 0 Å². The van der Waals surface area contributed by atoms with Crippen LogP contribution in [0.2, 0.25) is 10.0 Å². The van der Waals surface area contributed by atoms with Crippen molar-refractivity contribution in [3.05, 3.63) is 46.0 Å². The number of aliphatic imine (C=N–C) groups is 1. The number of nitrogens with one attached hydrogen (secondary N) is 2. The highest BCUT2D eigenvalue weighted by Gasteiger charge is 2.05. The van der Waals surface area contributed by atoms with Gasteiger partial charge in [0, 0.05) is 23.1 Å². The van der Waals surface area contributed by atoms with Gasteiger partial charge in [-0.2, -0.15) is 0 Å². The maximum absolute atomic E-state index is 6.17. The molecular formula is C15H20Cl2N6. The van der Waals surface area contributed by atoms with Crippen molar-refractivity contribution in [2.45, 2.75) is 33.5 Å². The van der Waals surface area contributed by atoms with Gasteiger partial charge in [-0.15, -0.1) is 10.2 Å². The molecule has 2 aromatic rings. The molecule has 0 atom stereocenters. The fourth-order valence-electron chi connectivity index (χ4n) is 2.00. The third-order valence-electron chi connectivity index (χ3n) is 3.22. The van der Waals surface area contributed by atoms with Crippen molar-refractivity contribution in [2.24, 2.45) is 4.99 Å². The molecule has 0 unspecified atom stereocenters. The van der Waals surface area contributed by atoms with Crippen molar-refractivity contribution in [3.8, 4) is 0 Å². The number of hydrogen-bond acceptors (Lipinski definition) is 3. The zero-order chi connectivity index (χ0) is 16.7. The summed E-state index contributed by atoms with van der Waals surface area (Å²) in [6.07, 6.45) is 1.72. The Morgan fingerprint density at radius 2 is 2.09 bits per heavy atom. The smallest absolute Gasteiger partial charge is 0.191 e. The van der Waals surface area contributed by atoms with E-state index in [0.717, 1.165) is 24.5 Å². The number of rotatable bonds is 6. The van der Waals surface area contributed by atoms with Crippen molar-refractivity contribution in [3.63, 3.8) is 0 Å². The molecule has 0 amide bonds. The van der Waals surface area contributed by atoms with Gasteiger partial charge in [-0.3, -0.25) is 0 Å². The first kappa shape index (κ1) is 17.6. The minimum absolute atomic E-state index is 0.464. The second-order valence-electron chi connectivity index (χ2n) is 4.82. The summed E-state index contributed by atoms with van der Waals surface area (Å²) in [6, 6.07) is 5.41. The number of aryl methyl sites for hydroxylation is 1. The van der Waals surface area contributed by atoms with Crippen LogP contribution in [0.15, 0.2) is 29.5 Å². The van der Waals surface area contributed by atoms with Crippen LogP contribution in [0.1, 0.15) is 25.2 Å². The molecule has 124 valence electrons. The molecule has 1 aromatic heterocycles. The van der Waals surface area contributed by atoms with Gasteiger partial charge in [-0.25, -0.2) is 4.99 Å². The van der Waals surface area contributed by atoms with E-state index < -0.39 is 0 Å². The maximum atomic E-state index is 6.17. The number of halogens is 2. The first-order valence-electron chi connectivity index (χ1n) is 7.46. The SMILES string of the molecule is CCNC(=NCc1ccc(Cl)cc1Cl)NCc1nncn1CC. The van der Waals surface area contributed by atoms with E-state index >= 15 is 0 Å². The van der Waals surface area contributed by atoms with Gasteiger partial charge in [-0.05, 0) is 31.5 Å². The Hall–Kier alpha value is -1.79. The summed E-state index contributed by atoms with van der Waals surface area (Å²) in [6.45, 7) is 6.67.